The van der Waals surface area contributed by atoms with Gasteiger partial charge < -0.3 is 4.90 Å². The first kappa shape index (κ1) is 17.3. The molecule has 2 fully saturated rings. The van der Waals surface area contributed by atoms with Crippen LogP contribution in [0.2, 0.25) is 0 Å². The van der Waals surface area contributed by atoms with Gasteiger partial charge in [0, 0.05) is 50.6 Å². The van der Waals surface area contributed by atoms with Gasteiger partial charge in [-0.25, -0.2) is 18.7 Å². The number of hydrogen-bond acceptors (Lipinski definition) is 4. The average molecular weight is 358 g/mol. The van der Waals surface area contributed by atoms with Crippen molar-refractivity contribution in [3.8, 4) is 0 Å². The highest BCUT2D eigenvalue weighted by Crippen LogP contribution is 2.34. The molecule has 0 radical (unpaired) electrons. The minimum Gasteiger partial charge on any atom is -0.356 e. The van der Waals surface area contributed by atoms with E-state index in [1.54, 1.807) is 6.33 Å². The molecule has 2 aliphatic heterocycles. The summed E-state index contributed by atoms with van der Waals surface area (Å²) in [5.41, 5.74) is 1.78. The molecule has 2 aromatic rings. The number of likely N-dealkylation sites (tertiary alicyclic amines) is 1. The van der Waals surface area contributed by atoms with Crippen LogP contribution in [0.25, 0.3) is 0 Å². The fourth-order valence-electron chi connectivity index (χ4n) is 4.22. The lowest BCUT2D eigenvalue weighted by molar-refractivity contribution is 0.307. The highest BCUT2D eigenvalue weighted by molar-refractivity contribution is 5.41. The van der Waals surface area contributed by atoms with Gasteiger partial charge in [0.15, 0.2) is 0 Å². The normalized spacial score (nSPS) is 23.0. The van der Waals surface area contributed by atoms with Gasteiger partial charge in [-0.1, -0.05) is 13.8 Å². The van der Waals surface area contributed by atoms with Crippen molar-refractivity contribution in [1.82, 2.24) is 14.9 Å². The Hall–Kier alpha value is -2.08. The molecule has 4 rings (SSSR count). The van der Waals surface area contributed by atoms with E-state index in [4.69, 9.17) is 0 Å². The molecule has 138 valence electrons. The molecule has 4 nitrogen and oxygen atoms in total. The summed E-state index contributed by atoms with van der Waals surface area (Å²) in [6.45, 7) is 8.76. The Morgan fingerprint density at radius 2 is 1.62 bits per heavy atom. The number of aromatic nitrogens is 2. The first-order chi connectivity index (χ1) is 12.5. The van der Waals surface area contributed by atoms with Crippen molar-refractivity contribution in [2.75, 3.05) is 31.1 Å². The molecule has 1 aromatic carbocycles. The van der Waals surface area contributed by atoms with Gasteiger partial charge in [0.1, 0.15) is 23.8 Å². The van der Waals surface area contributed by atoms with Crippen LogP contribution in [0.4, 0.5) is 14.6 Å². The van der Waals surface area contributed by atoms with Crippen molar-refractivity contribution in [1.29, 1.82) is 0 Å². The summed E-state index contributed by atoms with van der Waals surface area (Å²) >= 11 is 0. The predicted molar refractivity (Wildman–Crippen MR) is 96.9 cm³/mol. The molecule has 0 bridgehead atoms. The largest absolute Gasteiger partial charge is 0.356 e. The number of nitrogens with zero attached hydrogens (tertiary/aromatic N) is 4. The molecule has 0 N–H and O–H groups in total. The van der Waals surface area contributed by atoms with Crippen LogP contribution < -0.4 is 4.90 Å². The van der Waals surface area contributed by atoms with Gasteiger partial charge >= 0.3 is 0 Å². The molecule has 2 atom stereocenters. The zero-order valence-electron chi connectivity index (χ0n) is 15.2. The fraction of sp³-hybridized carbons (Fsp3) is 0.500. The number of rotatable bonds is 4. The molecule has 2 saturated heterocycles. The summed E-state index contributed by atoms with van der Waals surface area (Å²) in [5, 5.41) is 0. The number of benzene rings is 1. The second-order valence-corrected chi connectivity index (χ2v) is 7.85. The Labute approximate surface area is 152 Å². The van der Waals surface area contributed by atoms with Crippen molar-refractivity contribution in [3.63, 3.8) is 0 Å². The standard InChI is InChI=1S/C20H24F2N4/c1-13(2)19-6-20(24-12-23-19)26-10-15-8-25(9-16(15)11-26)7-14-3-17(21)5-18(22)4-14/h3-6,12-13,15-16H,7-11H2,1-2H3. The molecular weight excluding hydrogens is 334 g/mol. The average Bonchev–Trinajstić information content (AvgIpc) is 3.12. The molecule has 0 aliphatic carbocycles. The summed E-state index contributed by atoms with van der Waals surface area (Å²) in [6, 6.07) is 5.88. The van der Waals surface area contributed by atoms with Crippen LogP contribution in [0, 0.1) is 23.5 Å². The zero-order chi connectivity index (χ0) is 18.3. The lowest BCUT2D eigenvalue weighted by Gasteiger charge is -2.22. The topological polar surface area (TPSA) is 32.3 Å². The number of anilines is 1. The van der Waals surface area contributed by atoms with Crippen molar-refractivity contribution in [3.05, 3.63) is 53.5 Å². The van der Waals surface area contributed by atoms with Crippen LogP contribution in [0.15, 0.2) is 30.6 Å². The van der Waals surface area contributed by atoms with Crippen LogP contribution >= 0.6 is 0 Å². The van der Waals surface area contributed by atoms with Gasteiger partial charge in [-0.2, -0.15) is 0 Å². The maximum atomic E-state index is 13.4. The Kier molecular flexibility index (Phi) is 4.61. The Morgan fingerprint density at radius 1 is 0.962 bits per heavy atom. The van der Waals surface area contributed by atoms with E-state index in [0.29, 0.717) is 29.9 Å². The van der Waals surface area contributed by atoms with Crippen molar-refractivity contribution < 1.29 is 8.78 Å². The van der Waals surface area contributed by atoms with E-state index >= 15 is 0 Å². The minimum absolute atomic E-state index is 0.390. The predicted octanol–water partition coefficient (Wildman–Crippen LogP) is 3.45. The summed E-state index contributed by atoms with van der Waals surface area (Å²) in [7, 11) is 0. The summed E-state index contributed by atoms with van der Waals surface area (Å²) < 4.78 is 26.8. The van der Waals surface area contributed by atoms with Crippen molar-refractivity contribution >= 4 is 5.82 Å². The molecular formula is C20H24F2N4. The molecule has 0 saturated carbocycles. The first-order valence-electron chi connectivity index (χ1n) is 9.22. The van der Waals surface area contributed by atoms with E-state index in [1.807, 2.05) is 0 Å². The van der Waals surface area contributed by atoms with Gasteiger partial charge in [-0.15, -0.1) is 0 Å². The van der Waals surface area contributed by atoms with Crippen LogP contribution in [0.1, 0.15) is 31.0 Å². The molecule has 2 unspecified atom stereocenters. The lowest BCUT2D eigenvalue weighted by atomic mass is 10.0. The lowest BCUT2D eigenvalue weighted by Crippen LogP contribution is -2.29. The Balaban J connectivity index is 1.39. The monoisotopic (exact) mass is 358 g/mol. The van der Waals surface area contributed by atoms with E-state index in [9.17, 15) is 8.78 Å². The molecule has 6 heteroatoms. The fourth-order valence-corrected chi connectivity index (χ4v) is 4.22. The third-order valence-corrected chi connectivity index (χ3v) is 5.48. The van der Waals surface area contributed by atoms with Crippen molar-refractivity contribution in [2.24, 2.45) is 11.8 Å². The number of fused-ring (bicyclic) bond motifs is 1. The summed E-state index contributed by atoms with van der Waals surface area (Å²) in [5.74, 6) is 1.54. The number of hydrogen-bond donors (Lipinski definition) is 0. The van der Waals surface area contributed by atoms with E-state index in [1.165, 1.54) is 12.1 Å². The molecule has 1 aromatic heterocycles. The SMILES string of the molecule is CC(C)c1cc(N2CC3CN(Cc4cc(F)cc(F)c4)CC3C2)ncn1. The van der Waals surface area contributed by atoms with Crippen LogP contribution in [0.5, 0.6) is 0 Å². The van der Waals surface area contributed by atoms with Gasteiger partial charge in [0.25, 0.3) is 0 Å². The molecule has 2 aliphatic rings. The quantitative estimate of drug-likeness (QED) is 0.838. The summed E-state index contributed by atoms with van der Waals surface area (Å²) in [6.07, 6.45) is 1.66. The van der Waals surface area contributed by atoms with E-state index in [0.717, 1.165) is 43.8 Å². The maximum Gasteiger partial charge on any atom is 0.132 e. The van der Waals surface area contributed by atoms with Crippen molar-refractivity contribution in [2.45, 2.75) is 26.3 Å². The van der Waals surface area contributed by atoms with Gasteiger partial charge in [-0.05, 0) is 35.4 Å². The Morgan fingerprint density at radius 3 is 2.23 bits per heavy atom. The smallest absolute Gasteiger partial charge is 0.132 e. The van der Waals surface area contributed by atoms with Crippen LogP contribution in [0.3, 0.4) is 0 Å². The third kappa shape index (κ3) is 3.56. The van der Waals surface area contributed by atoms with E-state index < -0.39 is 11.6 Å². The summed E-state index contributed by atoms with van der Waals surface area (Å²) in [4.78, 5) is 13.5. The van der Waals surface area contributed by atoms with E-state index in [2.05, 4.69) is 39.7 Å². The van der Waals surface area contributed by atoms with E-state index in [-0.39, 0.29) is 0 Å². The third-order valence-electron chi connectivity index (χ3n) is 5.48. The highest BCUT2D eigenvalue weighted by atomic mass is 19.1. The second-order valence-electron chi connectivity index (χ2n) is 7.85. The van der Waals surface area contributed by atoms with Gasteiger partial charge in [-0.3, -0.25) is 4.90 Å². The molecule has 26 heavy (non-hydrogen) atoms. The zero-order valence-corrected chi connectivity index (χ0v) is 15.2. The van der Waals surface area contributed by atoms with Crippen LogP contribution in [-0.2, 0) is 6.54 Å². The molecule has 0 spiro atoms. The van der Waals surface area contributed by atoms with Gasteiger partial charge in [0.05, 0.1) is 0 Å². The highest BCUT2D eigenvalue weighted by Gasteiger charge is 2.40. The maximum absolute atomic E-state index is 13.4. The first-order valence-corrected chi connectivity index (χ1v) is 9.22. The minimum atomic E-state index is -0.504. The Bertz CT molecular complexity index is 761. The molecule has 3 heterocycles. The number of halogens is 2. The molecule has 0 amide bonds. The van der Waals surface area contributed by atoms with Crippen LogP contribution in [-0.4, -0.2) is 41.0 Å². The van der Waals surface area contributed by atoms with Gasteiger partial charge in [0.2, 0.25) is 0 Å². The second kappa shape index (κ2) is 6.91.